The van der Waals surface area contributed by atoms with Crippen LogP contribution in [0.5, 0.6) is 0 Å². The Morgan fingerprint density at radius 3 is 2.87 bits per heavy atom. The summed E-state index contributed by atoms with van der Waals surface area (Å²) in [5.41, 5.74) is 4.32. The maximum absolute atomic E-state index is 5.53. The van der Waals surface area contributed by atoms with E-state index in [-0.39, 0.29) is 0 Å². The van der Waals surface area contributed by atoms with Crippen LogP contribution in [0.4, 0.5) is 0 Å². The van der Waals surface area contributed by atoms with Crippen LogP contribution in [0.2, 0.25) is 0 Å². The van der Waals surface area contributed by atoms with E-state index < -0.39 is 0 Å². The molecule has 3 rings (SSSR count). The van der Waals surface area contributed by atoms with Crippen molar-refractivity contribution in [2.24, 2.45) is 5.92 Å². The number of hydrogen-bond acceptors (Lipinski definition) is 1. The first kappa shape index (κ1) is 8.93. The zero-order valence-corrected chi connectivity index (χ0v) is 8.65. The highest BCUT2D eigenvalue weighted by Gasteiger charge is 2.25. The van der Waals surface area contributed by atoms with Gasteiger partial charge in [0.15, 0.2) is 0 Å². The Morgan fingerprint density at radius 2 is 2.00 bits per heavy atom. The van der Waals surface area contributed by atoms with Crippen molar-refractivity contribution < 1.29 is 4.74 Å². The molecule has 1 aromatic carbocycles. The molecule has 1 nitrogen and oxygen atoms in total. The third-order valence-electron chi connectivity index (χ3n) is 3.20. The Kier molecular flexibility index (Phi) is 2.18. The predicted molar refractivity (Wildman–Crippen MR) is 61.4 cm³/mol. The Balaban J connectivity index is 2.05. The van der Waals surface area contributed by atoms with Crippen molar-refractivity contribution in [1.82, 2.24) is 0 Å². The predicted octanol–water partition coefficient (Wildman–Crippen LogP) is 3.05. The van der Waals surface area contributed by atoms with Gasteiger partial charge in [0.05, 0.1) is 13.2 Å². The van der Waals surface area contributed by atoms with E-state index in [2.05, 4.69) is 42.5 Å². The lowest BCUT2D eigenvalue weighted by Crippen LogP contribution is -2.05. The SMILES string of the molecule is C1=CC2COCC2=C(c2ccccc2)C1. The molecule has 1 aliphatic carbocycles. The summed E-state index contributed by atoms with van der Waals surface area (Å²) in [5, 5.41) is 0. The summed E-state index contributed by atoms with van der Waals surface area (Å²) in [6, 6.07) is 10.7. The third kappa shape index (κ3) is 1.53. The van der Waals surface area contributed by atoms with Gasteiger partial charge < -0.3 is 4.74 Å². The van der Waals surface area contributed by atoms with Gasteiger partial charge in [0.1, 0.15) is 0 Å². The summed E-state index contributed by atoms with van der Waals surface area (Å²) in [4.78, 5) is 0. The maximum Gasteiger partial charge on any atom is 0.0689 e. The van der Waals surface area contributed by atoms with Crippen molar-refractivity contribution in [1.29, 1.82) is 0 Å². The van der Waals surface area contributed by atoms with Crippen LogP contribution in [0.1, 0.15) is 12.0 Å². The van der Waals surface area contributed by atoms with Crippen LogP contribution < -0.4 is 0 Å². The summed E-state index contributed by atoms with van der Waals surface area (Å²) in [7, 11) is 0. The molecular formula is C14H14O. The molecule has 0 radical (unpaired) electrons. The van der Waals surface area contributed by atoms with E-state index >= 15 is 0 Å². The molecule has 1 heterocycles. The van der Waals surface area contributed by atoms with Crippen LogP contribution >= 0.6 is 0 Å². The first-order valence-electron chi connectivity index (χ1n) is 5.47. The molecule has 15 heavy (non-hydrogen) atoms. The molecule has 0 saturated carbocycles. The fraction of sp³-hybridized carbons (Fsp3) is 0.286. The highest BCUT2D eigenvalue weighted by atomic mass is 16.5. The average Bonchev–Trinajstić information content (AvgIpc) is 2.78. The van der Waals surface area contributed by atoms with E-state index in [4.69, 9.17) is 4.74 Å². The second kappa shape index (κ2) is 3.67. The molecule has 1 aliphatic heterocycles. The quantitative estimate of drug-likeness (QED) is 0.630. The normalized spacial score (nSPS) is 24.4. The van der Waals surface area contributed by atoms with Crippen LogP contribution in [-0.2, 0) is 4.74 Å². The number of benzene rings is 1. The number of hydrogen-bond donors (Lipinski definition) is 0. The van der Waals surface area contributed by atoms with E-state index in [0.717, 1.165) is 19.6 Å². The number of rotatable bonds is 1. The summed E-state index contributed by atoms with van der Waals surface area (Å²) < 4.78 is 5.53. The van der Waals surface area contributed by atoms with Crippen LogP contribution in [0, 0.1) is 5.92 Å². The summed E-state index contributed by atoms with van der Waals surface area (Å²) in [5.74, 6) is 0.536. The lowest BCUT2D eigenvalue weighted by molar-refractivity contribution is 0.195. The van der Waals surface area contributed by atoms with E-state index in [1.54, 1.807) is 0 Å². The Labute approximate surface area is 90.1 Å². The molecule has 0 amide bonds. The topological polar surface area (TPSA) is 9.23 Å². The zero-order chi connectivity index (χ0) is 10.1. The van der Waals surface area contributed by atoms with E-state index in [0.29, 0.717) is 5.92 Å². The van der Waals surface area contributed by atoms with E-state index in [9.17, 15) is 0 Å². The molecular weight excluding hydrogens is 184 g/mol. The van der Waals surface area contributed by atoms with Crippen molar-refractivity contribution >= 4 is 5.57 Å². The fourth-order valence-electron chi connectivity index (χ4n) is 2.41. The van der Waals surface area contributed by atoms with Crippen molar-refractivity contribution in [3.05, 3.63) is 53.6 Å². The first-order valence-corrected chi connectivity index (χ1v) is 5.47. The first-order chi connectivity index (χ1) is 7.45. The van der Waals surface area contributed by atoms with Crippen LogP contribution in [-0.4, -0.2) is 13.2 Å². The molecule has 2 aliphatic rings. The van der Waals surface area contributed by atoms with Crippen LogP contribution in [0.25, 0.3) is 5.57 Å². The van der Waals surface area contributed by atoms with Crippen LogP contribution in [0.3, 0.4) is 0 Å². The Hall–Kier alpha value is -1.34. The van der Waals surface area contributed by atoms with E-state index in [1.807, 2.05) is 0 Å². The minimum absolute atomic E-state index is 0.536. The van der Waals surface area contributed by atoms with Gasteiger partial charge in [-0.1, -0.05) is 42.5 Å². The van der Waals surface area contributed by atoms with Crippen LogP contribution in [0.15, 0.2) is 48.1 Å². The van der Waals surface area contributed by atoms with Gasteiger partial charge in [0, 0.05) is 5.92 Å². The zero-order valence-electron chi connectivity index (χ0n) is 8.65. The standard InChI is InChI=1S/C14H14O/c1-2-5-11(6-3-1)13-8-4-7-12-9-15-10-14(12)13/h1-7,12H,8-10H2. The average molecular weight is 198 g/mol. The molecule has 0 spiro atoms. The summed E-state index contributed by atoms with van der Waals surface area (Å²) in [6.07, 6.45) is 5.61. The fourth-order valence-corrected chi connectivity index (χ4v) is 2.41. The second-order valence-electron chi connectivity index (χ2n) is 4.12. The summed E-state index contributed by atoms with van der Waals surface area (Å²) >= 11 is 0. The van der Waals surface area contributed by atoms with Gasteiger partial charge in [-0.15, -0.1) is 0 Å². The lowest BCUT2D eigenvalue weighted by atomic mass is 9.86. The lowest BCUT2D eigenvalue weighted by Gasteiger charge is -2.17. The van der Waals surface area contributed by atoms with Crippen molar-refractivity contribution in [3.8, 4) is 0 Å². The van der Waals surface area contributed by atoms with Gasteiger partial charge in [-0.3, -0.25) is 0 Å². The van der Waals surface area contributed by atoms with Gasteiger partial charge in [-0.2, -0.15) is 0 Å². The molecule has 76 valence electrons. The molecule has 1 atom stereocenters. The van der Waals surface area contributed by atoms with Crippen molar-refractivity contribution in [2.75, 3.05) is 13.2 Å². The summed E-state index contributed by atoms with van der Waals surface area (Å²) in [6.45, 7) is 1.68. The minimum Gasteiger partial charge on any atom is -0.376 e. The molecule has 1 heteroatoms. The number of allylic oxidation sites excluding steroid dienone is 2. The highest BCUT2D eigenvalue weighted by molar-refractivity contribution is 5.72. The van der Waals surface area contributed by atoms with Gasteiger partial charge in [-0.25, -0.2) is 0 Å². The van der Waals surface area contributed by atoms with Gasteiger partial charge in [0.25, 0.3) is 0 Å². The largest absolute Gasteiger partial charge is 0.376 e. The van der Waals surface area contributed by atoms with Gasteiger partial charge in [-0.05, 0) is 23.1 Å². The highest BCUT2D eigenvalue weighted by Crippen LogP contribution is 2.35. The van der Waals surface area contributed by atoms with Gasteiger partial charge in [0.2, 0.25) is 0 Å². The minimum atomic E-state index is 0.536. The second-order valence-corrected chi connectivity index (χ2v) is 4.12. The molecule has 0 aromatic heterocycles. The third-order valence-corrected chi connectivity index (χ3v) is 3.20. The Morgan fingerprint density at radius 1 is 1.13 bits per heavy atom. The molecule has 1 unspecified atom stereocenters. The monoisotopic (exact) mass is 198 g/mol. The molecule has 1 fully saturated rings. The molecule has 0 bridgehead atoms. The molecule has 1 aromatic rings. The smallest absolute Gasteiger partial charge is 0.0689 e. The maximum atomic E-state index is 5.53. The molecule has 1 saturated heterocycles. The van der Waals surface area contributed by atoms with Crippen molar-refractivity contribution in [2.45, 2.75) is 6.42 Å². The van der Waals surface area contributed by atoms with Crippen molar-refractivity contribution in [3.63, 3.8) is 0 Å². The van der Waals surface area contributed by atoms with Gasteiger partial charge >= 0.3 is 0 Å². The Bertz CT molecular complexity index is 414. The van der Waals surface area contributed by atoms with E-state index in [1.165, 1.54) is 16.7 Å². The number of fused-ring (bicyclic) bond motifs is 1. The number of ether oxygens (including phenoxy) is 1. The molecule has 0 N–H and O–H groups in total.